The predicted octanol–water partition coefficient (Wildman–Crippen LogP) is 2.59. The second-order valence-electron chi connectivity index (χ2n) is 2.65. The van der Waals surface area contributed by atoms with Gasteiger partial charge in [-0.1, -0.05) is 17.7 Å². The maximum absolute atomic E-state index is 5.91. The lowest BCUT2D eigenvalue weighted by molar-refractivity contribution is 0.415. The van der Waals surface area contributed by atoms with Crippen molar-refractivity contribution < 1.29 is 4.74 Å². The molecule has 1 aromatic rings. The van der Waals surface area contributed by atoms with E-state index in [0.717, 1.165) is 5.56 Å². The van der Waals surface area contributed by atoms with Crippen LogP contribution in [0.5, 0.6) is 5.75 Å². The summed E-state index contributed by atoms with van der Waals surface area (Å²) in [5, 5.41) is 0.556. The molecule has 2 N–H and O–H groups in total. The Labute approximate surface area is 87.6 Å². The largest absolute Gasteiger partial charge is 0.495 e. The van der Waals surface area contributed by atoms with Crippen molar-refractivity contribution in [3.8, 4) is 5.75 Å². The normalized spacial score (nSPS) is 12.6. The predicted molar refractivity (Wildman–Crippen MR) is 55.7 cm³/mol. The van der Waals surface area contributed by atoms with E-state index in [9.17, 15) is 0 Å². The quantitative estimate of drug-likeness (QED) is 0.794. The minimum atomic E-state index is -0.176. The number of methoxy groups -OCH3 is 1. The van der Waals surface area contributed by atoms with Gasteiger partial charge in [-0.3, -0.25) is 0 Å². The Morgan fingerprint density at radius 1 is 1.54 bits per heavy atom. The number of hydrogen-bond donors (Lipinski definition) is 1. The third-order valence-corrected chi connectivity index (χ3v) is 2.40. The van der Waals surface area contributed by atoms with Crippen molar-refractivity contribution in [2.45, 2.75) is 6.04 Å². The molecule has 0 saturated heterocycles. The molecule has 2 nitrogen and oxygen atoms in total. The number of rotatable bonds is 3. The molecule has 1 atom stereocenters. The molecule has 0 saturated carbocycles. The molecule has 0 amide bonds. The van der Waals surface area contributed by atoms with Crippen molar-refractivity contribution in [2.24, 2.45) is 5.73 Å². The summed E-state index contributed by atoms with van der Waals surface area (Å²) in [5.74, 6) is 1.02. The summed E-state index contributed by atoms with van der Waals surface area (Å²) in [7, 11) is 1.57. The minimum absolute atomic E-state index is 0.176. The van der Waals surface area contributed by atoms with Crippen molar-refractivity contribution in [1.29, 1.82) is 0 Å². The second-order valence-corrected chi connectivity index (χ2v) is 3.37. The Morgan fingerprint density at radius 2 is 2.23 bits per heavy atom. The highest BCUT2D eigenvalue weighted by Gasteiger charge is 2.07. The number of benzene rings is 1. The molecule has 0 spiro atoms. The van der Waals surface area contributed by atoms with Gasteiger partial charge >= 0.3 is 0 Å². The van der Waals surface area contributed by atoms with Crippen molar-refractivity contribution in [3.63, 3.8) is 0 Å². The zero-order chi connectivity index (χ0) is 9.84. The monoisotopic (exact) mass is 219 g/mol. The van der Waals surface area contributed by atoms with E-state index in [1.54, 1.807) is 19.2 Å². The minimum Gasteiger partial charge on any atom is -0.495 e. The third kappa shape index (κ3) is 2.50. The van der Waals surface area contributed by atoms with Gasteiger partial charge < -0.3 is 10.5 Å². The summed E-state index contributed by atoms with van der Waals surface area (Å²) in [6.07, 6.45) is 0. The first-order chi connectivity index (χ1) is 6.19. The molecule has 0 aliphatic rings. The van der Waals surface area contributed by atoms with E-state index < -0.39 is 0 Å². The summed E-state index contributed by atoms with van der Waals surface area (Å²) in [6.45, 7) is 0. The molecule has 1 unspecified atom stereocenters. The van der Waals surface area contributed by atoms with Crippen LogP contribution in [0.3, 0.4) is 0 Å². The molecular formula is C9H11Cl2NO. The Morgan fingerprint density at radius 3 is 2.69 bits per heavy atom. The van der Waals surface area contributed by atoms with Gasteiger partial charge in [0.05, 0.1) is 12.1 Å². The third-order valence-electron chi connectivity index (χ3n) is 1.77. The lowest BCUT2D eigenvalue weighted by atomic mass is 10.1. The van der Waals surface area contributed by atoms with Gasteiger partial charge in [0.15, 0.2) is 0 Å². The molecule has 0 bridgehead atoms. The van der Waals surface area contributed by atoms with Crippen LogP contribution in [-0.2, 0) is 0 Å². The summed E-state index contributed by atoms with van der Waals surface area (Å²) >= 11 is 11.5. The summed E-state index contributed by atoms with van der Waals surface area (Å²) in [5.41, 5.74) is 6.64. The van der Waals surface area contributed by atoms with Crippen LogP contribution in [-0.4, -0.2) is 13.0 Å². The lowest BCUT2D eigenvalue weighted by Crippen LogP contribution is -2.11. The number of alkyl halides is 1. The van der Waals surface area contributed by atoms with Gasteiger partial charge in [0.2, 0.25) is 0 Å². The molecule has 0 aliphatic heterocycles. The Kier molecular flexibility index (Phi) is 3.85. The molecule has 1 rings (SSSR count). The van der Waals surface area contributed by atoms with Gasteiger partial charge in [-0.25, -0.2) is 0 Å². The zero-order valence-corrected chi connectivity index (χ0v) is 8.77. The molecule has 0 aromatic heterocycles. The SMILES string of the molecule is COc1ccc(C(N)CCl)cc1Cl. The van der Waals surface area contributed by atoms with Gasteiger partial charge in [0.1, 0.15) is 5.75 Å². The highest BCUT2D eigenvalue weighted by molar-refractivity contribution is 6.32. The number of nitrogens with two attached hydrogens (primary N) is 1. The van der Waals surface area contributed by atoms with E-state index in [2.05, 4.69) is 0 Å². The molecule has 0 heterocycles. The summed E-state index contributed by atoms with van der Waals surface area (Å²) in [4.78, 5) is 0. The molecule has 4 heteroatoms. The van der Waals surface area contributed by atoms with Crippen molar-refractivity contribution >= 4 is 23.2 Å². The van der Waals surface area contributed by atoms with Crippen LogP contribution in [0.4, 0.5) is 0 Å². The maximum atomic E-state index is 5.91. The zero-order valence-electron chi connectivity index (χ0n) is 7.26. The van der Waals surface area contributed by atoms with Gasteiger partial charge in [-0.15, -0.1) is 11.6 Å². The first-order valence-electron chi connectivity index (χ1n) is 3.84. The van der Waals surface area contributed by atoms with Crippen molar-refractivity contribution in [1.82, 2.24) is 0 Å². The van der Waals surface area contributed by atoms with Gasteiger partial charge in [0, 0.05) is 11.9 Å². The van der Waals surface area contributed by atoms with Crippen LogP contribution < -0.4 is 10.5 Å². The molecule has 13 heavy (non-hydrogen) atoms. The highest BCUT2D eigenvalue weighted by atomic mass is 35.5. The van der Waals surface area contributed by atoms with Gasteiger partial charge in [-0.05, 0) is 17.7 Å². The van der Waals surface area contributed by atoms with E-state index in [4.69, 9.17) is 33.7 Å². The van der Waals surface area contributed by atoms with Crippen molar-refractivity contribution in [3.05, 3.63) is 28.8 Å². The average Bonchev–Trinajstić information content (AvgIpc) is 2.16. The standard InChI is InChI=1S/C9H11Cl2NO/c1-13-9-3-2-6(4-7(9)11)8(12)5-10/h2-4,8H,5,12H2,1H3. The van der Waals surface area contributed by atoms with Crippen LogP contribution in [0.2, 0.25) is 5.02 Å². The molecule has 0 fully saturated rings. The van der Waals surface area contributed by atoms with E-state index in [0.29, 0.717) is 16.7 Å². The number of halogens is 2. The maximum Gasteiger partial charge on any atom is 0.137 e. The molecular weight excluding hydrogens is 209 g/mol. The van der Waals surface area contributed by atoms with E-state index in [-0.39, 0.29) is 6.04 Å². The van der Waals surface area contributed by atoms with Crippen LogP contribution in [0.15, 0.2) is 18.2 Å². The van der Waals surface area contributed by atoms with E-state index >= 15 is 0 Å². The van der Waals surface area contributed by atoms with Gasteiger partial charge in [0.25, 0.3) is 0 Å². The molecule has 0 aliphatic carbocycles. The molecule has 1 aromatic carbocycles. The van der Waals surface area contributed by atoms with Crippen LogP contribution in [0.25, 0.3) is 0 Å². The fourth-order valence-electron chi connectivity index (χ4n) is 1.00. The summed E-state index contributed by atoms with van der Waals surface area (Å²) in [6, 6.07) is 5.24. The molecule has 72 valence electrons. The topological polar surface area (TPSA) is 35.2 Å². The second kappa shape index (κ2) is 4.70. The van der Waals surface area contributed by atoms with E-state index in [1.165, 1.54) is 0 Å². The fourth-order valence-corrected chi connectivity index (χ4v) is 1.45. The number of ether oxygens (including phenoxy) is 1. The Balaban J connectivity index is 2.95. The van der Waals surface area contributed by atoms with Crippen LogP contribution >= 0.6 is 23.2 Å². The van der Waals surface area contributed by atoms with E-state index in [1.807, 2.05) is 6.07 Å². The smallest absolute Gasteiger partial charge is 0.137 e. The van der Waals surface area contributed by atoms with Gasteiger partial charge in [-0.2, -0.15) is 0 Å². The summed E-state index contributed by atoms with van der Waals surface area (Å²) < 4.78 is 5.01. The molecule has 0 radical (unpaired) electrons. The van der Waals surface area contributed by atoms with Crippen LogP contribution in [0.1, 0.15) is 11.6 Å². The first kappa shape index (κ1) is 10.6. The highest BCUT2D eigenvalue weighted by Crippen LogP contribution is 2.27. The number of hydrogen-bond acceptors (Lipinski definition) is 2. The van der Waals surface area contributed by atoms with Crippen molar-refractivity contribution in [2.75, 3.05) is 13.0 Å². The fraction of sp³-hybridized carbons (Fsp3) is 0.333. The lowest BCUT2D eigenvalue weighted by Gasteiger charge is -2.10. The Hall–Kier alpha value is -0.440. The first-order valence-corrected chi connectivity index (χ1v) is 4.75. The van der Waals surface area contributed by atoms with Crippen LogP contribution in [0, 0.1) is 0 Å². The Bertz CT molecular complexity index is 291. The average molecular weight is 220 g/mol.